The van der Waals surface area contributed by atoms with Gasteiger partial charge in [-0.15, -0.1) is 0 Å². The van der Waals surface area contributed by atoms with E-state index in [0.29, 0.717) is 18.6 Å². The lowest BCUT2D eigenvalue weighted by atomic mass is 9.46. The van der Waals surface area contributed by atoms with E-state index in [9.17, 15) is 14.4 Å². The van der Waals surface area contributed by atoms with Crippen LogP contribution in [0.15, 0.2) is 23.8 Å². The fourth-order valence-corrected chi connectivity index (χ4v) is 7.94. The molecule has 0 aromatic heterocycles. The van der Waals surface area contributed by atoms with E-state index in [-0.39, 0.29) is 41.0 Å². The first-order chi connectivity index (χ1) is 17.4. The summed E-state index contributed by atoms with van der Waals surface area (Å²) in [6.07, 6.45) is 4.57. The minimum Gasteiger partial charge on any atom is -0.462 e. The highest BCUT2D eigenvalue weighted by Crippen LogP contribution is 2.63. The van der Waals surface area contributed by atoms with Crippen molar-refractivity contribution in [2.45, 2.75) is 111 Å². The third kappa shape index (κ3) is 5.96. The monoisotopic (exact) mass is 548 g/mol. The van der Waals surface area contributed by atoms with E-state index in [1.165, 1.54) is 13.8 Å². The van der Waals surface area contributed by atoms with Gasteiger partial charge >= 0.3 is 17.9 Å². The second-order valence-electron chi connectivity index (χ2n) is 13.6. The molecule has 1 heterocycles. The molecule has 3 rings (SSSR count). The summed E-state index contributed by atoms with van der Waals surface area (Å²) in [6, 6.07) is 0. The molecule has 8 heteroatoms. The molecule has 2 aliphatic carbocycles. The van der Waals surface area contributed by atoms with E-state index >= 15 is 0 Å². The van der Waals surface area contributed by atoms with Gasteiger partial charge in [0.15, 0.2) is 8.32 Å². The number of allylic oxidation sites excluding steroid dienone is 1. The Balaban J connectivity index is 1.98. The minimum atomic E-state index is -2.06. The zero-order valence-corrected chi connectivity index (χ0v) is 25.9. The topological polar surface area (TPSA) is 88.1 Å². The van der Waals surface area contributed by atoms with Gasteiger partial charge in [0.1, 0.15) is 18.8 Å². The maximum absolute atomic E-state index is 12.4. The summed E-state index contributed by atoms with van der Waals surface area (Å²) in [5.41, 5.74) is 0.942. The van der Waals surface area contributed by atoms with Crippen LogP contribution in [0.5, 0.6) is 0 Å². The average Bonchev–Trinajstić information content (AvgIpc) is 3.21. The maximum Gasteiger partial charge on any atom is 0.337 e. The number of ether oxygens (including phenoxy) is 3. The Morgan fingerprint density at radius 2 is 1.84 bits per heavy atom. The first-order valence-electron chi connectivity index (χ1n) is 14.0. The van der Waals surface area contributed by atoms with Crippen molar-refractivity contribution in [3.05, 3.63) is 23.8 Å². The maximum atomic E-state index is 12.4. The van der Waals surface area contributed by atoms with Crippen LogP contribution in [0.4, 0.5) is 0 Å². The molecule has 0 radical (unpaired) electrons. The van der Waals surface area contributed by atoms with Gasteiger partial charge in [0, 0.05) is 25.9 Å². The van der Waals surface area contributed by atoms with Gasteiger partial charge in [-0.25, -0.2) is 4.79 Å². The third-order valence-corrected chi connectivity index (χ3v) is 14.5. The number of rotatable bonds is 8. The molecule has 0 amide bonds. The van der Waals surface area contributed by atoms with E-state index in [4.69, 9.17) is 18.6 Å². The summed E-state index contributed by atoms with van der Waals surface area (Å²) in [7, 11) is -2.06. The summed E-state index contributed by atoms with van der Waals surface area (Å²) < 4.78 is 23.6. The second-order valence-corrected chi connectivity index (χ2v) is 18.4. The predicted octanol–water partition coefficient (Wildman–Crippen LogP) is 6.13. The largest absolute Gasteiger partial charge is 0.462 e. The molecule has 2 saturated carbocycles. The van der Waals surface area contributed by atoms with Crippen LogP contribution >= 0.6 is 0 Å². The van der Waals surface area contributed by atoms with Gasteiger partial charge < -0.3 is 18.6 Å². The summed E-state index contributed by atoms with van der Waals surface area (Å²) in [5, 5.41) is 0.0580. The Hall–Kier alpha value is -1.93. The predicted molar refractivity (Wildman–Crippen MR) is 149 cm³/mol. The molecule has 7 nitrogen and oxygen atoms in total. The van der Waals surface area contributed by atoms with Crippen molar-refractivity contribution < 1.29 is 33.0 Å². The first kappa shape index (κ1) is 30.6. The van der Waals surface area contributed by atoms with Crippen molar-refractivity contribution in [2.75, 3.05) is 13.2 Å². The van der Waals surface area contributed by atoms with Crippen molar-refractivity contribution in [1.82, 2.24) is 0 Å². The number of cyclic esters (lactones) is 1. The van der Waals surface area contributed by atoms with Gasteiger partial charge in [-0.2, -0.15) is 0 Å². The number of carbonyl (C=O) groups excluding carboxylic acids is 3. The number of hydrogen-bond acceptors (Lipinski definition) is 7. The Labute approximate surface area is 229 Å². The molecule has 214 valence electrons. The van der Waals surface area contributed by atoms with Crippen LogP contribution in [0.3, 0.4) is 0 Å². The second kappa shape index (κ2) is 10.9. The summed E-state index contributed by atoms with van der Waals surface area (Å²) in [4.78, 5) is 36.6. The number of hydrogen-bond donors (Lipinski definition) is 0. The standard InChI is InChI=1S/C30H48O7Si/c1-19-11-12-25-29(7,23(19)17-24(36-20(2)31)22-14-16-34-27(22)33)15-13-26(37-21(3)32)30(25,8)18-35-38(9,10)28(4,5)6/h14,23-26H,1,11-13,15-18H2,2-10H3/t23-,24?,25+,26-,29+,30+/m1/s1. The number of esters is 3. The number of carbonyl (C=O) groups is 3. The quantitative estimate of drug-likeness (QED) is 0.156. The minimum absolute atomic E-state index is 0.0189. The molecular weight excluding hydrogens is 500 g/mol. The van der Waals surface area contributed by atoms with Crippen LogP contribution in [-0.4, -0.2) is 51.6 Å². The van der Waals surface area contributed by atoms with Gasteiger partial charge in [-0.1, -0.05) is 46.8 Å². The lowest BCUT2D eigenvalue weighted by Gasteiger charge is -2.61. The molecule has 1 aliphatic heterocycles. The van der Waals surface area contributed by atoms with Crippen LogP contribution in [-0.2, 0) is 33.0 Å². The van der Waals surface area contributed by atoms with E-state index < -0.39 is 31.8 Å². The fraction of sp³-hybridized carbons (Fsp3) is 0.767. The molecule has 2 fully saturated rings. The zero-order valence-electron chi connectivity index (χ0n) is 24.9. The van der Waals surface area contributed by atoms with Crippen molar-refractivity contribution in [3.8, 4) is 0 Å². The zero-order chi connectivity index (χ0) is 28.7. The lowest BCUT2D eigenvalue weighted by molar-refractivity contribution is -0.185. The van der Waals surface area contributed by atoms with Gasteiger partial charge in [0.05, 0.1) is 5.57 Å². The fourth-order valence-electron chi connectivity index (χ4n) is 6.84. The summed E-state index contributed by atoms with van der Waals surface area (Å²) in [6.45, 7) is 23.7. The van der Waals surface area contributed by atoms with Gasteiger partial charge in [-0.3, -0.25) is 9.59 Å². The Morgan fingerprint density at radius 3 is 2.37 bits per heavy atom. The molecule has 0 N–H and O–H groups in total. The normalized spacial score (nSPS) is 32.7. The van der Waals surface area contributed by atoms with Crippen LogP contribution in [0, 0.1) is 22.7 Å². The van der Waals surface area contributed by atoms with Crippen LogP contribution < -0.4 is 0 Å². The van der Waals surface area contributed by atoms with E-state index in [2.05, 4.69) is 54.3 Å². The SMILES string of the molecule is C=C1CC[C@@H]2[C@](C)(CO[Si](C)(C)C(C)(C)C)[C@H](OC(C)=O)CC[C@@]2(C)[C@@H]1CC(OC(C)=O)C1=CCOC1=O. The highest BCUT2D eigenvalue weighted by atomic mass is 28.4. The van der Waals surface area contributed by atoms with E-state index in [1.807, 2.05) is 0 Å². The molecule has 0 aromatic rings. The molecule has 1 unspecified atom stereocenters. The first-order valence-corrected chi connectivity index (χ1v) is 16.9. The van der Waals surface area contributed by atoms with E-state index in [1.54, 1.807) is 6.08 Å². The van der Waals surface area contributed by atoms with Gasteiger partial charge in [0.25, 0.3) is 0 Å². The third-order valence-electron chi connectivity index (χ3n) is 10.0. The molecule has 0 bridgehead atoms. The van der Waals surface area contributed by atoms with Crippen molar-refractivity contribution in [1.29, 1.82) is 0 Å². The molecule has 38 heavy (non-hydrogen) atoms. The summed E-state index contributed by atoms with van der Waals surface area (Å²) in [5.74, 6) is -0.910. The lowest BCUT2D eigenvalue weighted by Crippen LogP contribution is -2.60. The molecule has 3 aliphatic rings. The van der Waals surface area contributed by atoms with Crippen LogP contribution in [0.25, 0.3) is 0 Å². The highest BCUT2D eigenvalue weighted by molar-refractivity contribution is 6.74. The van der Waals surface area contributed by atoms with Gasteiger partial charge in [-0.05, 0) is 73.6 Å². The van der Waals surface area contributed by atoms with Crippen LogP contribution in [0.2, 0.25) is 18.1 Å². The average molecular weight is 549 g/mol. The van der Waals surface area contributed by atoms with E-state index in [0.717, 1.165) is 31.3 Å². The summed E-state index contributed by atoms with van der Waals surface area (Å²) >= 11 is 0. The highest BCUT2D eigenvalue weighted by Gasteiger charge is 2.60. The molecular formula is C30H48O7Si. The van der Waals surface area contributed by atoms with Gasteiger partial charge in [0.2, 0.25) is 0 Å². The van der Waals surface area contributed by atoms with Crippen molar-refractivity contribution >= 4 is 26.2 Å². The molecule has 0 spiro atoms. The Morgan fingerprint density at radius 1 is 1.18 bits per heavy atom. The van der Waals surface area contributed by atoms with Crippen molar-refractivity contribution in [2.24, 2.45) is 22.7 Å². The molecule has 0 saturated heterocycles. The van der Waals surface area contributed by atoms with Crippen LogP contribution in [0.1, 0.15) is 80.6 Å². The smallest absolute Gasteiger partial charge is 0.337 e. The molecule has 6 atom stereocenters. The Kier molecular flexibility index (Phi) is 8.79. The number of fused-ring (bicyclic) bond motifs is 1. The molecule has 0 aromatic carbocycles. The Bertz CT molecular complexity index is 993. The van der Waals surface area contributed by atoms with Crippen molar-refractivity contribution in [3.63, 3.8) is 0 Å².